The predicted molar refractivity (Wildman–Crippen MR) is 119 cm³/mol. The molecule has 3 saturated carbocycles. The molecule has 0 bridgehead atoms. The Morgan fingerprint density at radius 1 is 1.11 bits per heavy atom. The molecule has 0 heterocycles. The van der Waals surface area contributed by atoms with Gasteiger partial charge in [-0.1, -0.05) is 58.4 Å². The molecule has 0 saturated heterocycles. The van der Waals surface area contributed by atoms with Crippen molar-refractivity contribution < 1.29 is 5.11 Å². The second-order valence-corrected chi connectivity index (χ2v) is 11.7. The van der Waals surface area contributed by atoms with Crippen molar-refractivity contribution >= 4 is 0 Å². The Balaban J connectivity index is 1.55. The zero-order valence-corrected chi connectivity index (χ0v) is 19.1. The Morgan fingerprint density at radius 2 is 1.89 bits per heavy atom. The number of aliphatic hydroxyl groups excluding tert-OH is 1. The van der Waals surface area contributed by atoms with Crippen molar-refractivity contribution in [2.24, 2.45) is 46.3 Å². The minimum atomic E-state index is -0.111. The van der Waals surface area contributed by atoms with E-state index in [1.807, 2.05) is 0 Å². The molecule has 0 amide bonds. The Kier molecular flexibility index (Phi) is 5.62. The van der Waals surface area contributed by atoms with Crippen LogP contribution in [0.5, 0.6) is 0 Å². The van der Waals surface area contributed by atoms with Crippen LogP contribution in [0.4, 0.5) is 0 Å². The molecule has 0 aromatic carbocycles. The number of fused-ring (bicyclic) bond motifs is 5. The molecule has 158 valence electrons. The summed E-state index contributed by atoms with van der Waals surface area (Å²) in [5.74, 6) is 4.69. The van der Waals surface area contributed by atoms with Crippen molar-refractivity contribution in [1.29, 1.82) is 0 Å². The lowest BCUT2D eigenvalue weighted by Gasteiger charge is -2.59. The number of rotatable bonds is 4. The fraction of sp³-hybridized carbons (Fsp3) is 0.852. The first-order valence-corrected chi connectivity index (χ1v) is 12.3. The summed E-state index contributed by atoms with van der Waals surface area (Å²) in [5.41, 5.74) is 2.18. The first-order valence-electron chi connectivity index (χ1n) is 12.3. The molecule has 0 radical (unpaired) electrons. The molecule has 3 fully saturated rings. The first kappa shape index (κ1) is 20.7. The van der Waals surface area contributed by atoms with Crippen molar-refractivity contribution in [2.75, 3.05) is 0 Å². The van der Waals surface area contributed by atoms with Gasteiger partial charge in [0.25, 0.3) is 0 Å². The SMILES string of the molecule is CC(C)C/C=C/[C@@H](C)[C@H]1CC[C@H]2[C@@H]3CC=C4CCCC(O)[C@]4(C)[C@H]3CC[C@]12C. The van der Waals surface area contributed by atoms with Crippen LogP contribution in [-0.4, -0.2) is 11.2 Å². The Bertz CT molecular complexity index is 630. The van der Waals surface area contributed by atoms with E-state index in [4.69, 9.17) is 0 Å². The van der Waals surface area contributed by atoms with Crippen molar-refractivity contribution in [1.82, 2.24) is 0 Å². The normalized spacial score (nSPS) is 46.8. The summed E-state index contributed by atoms with van der Waals surface area (Å²) in [6, 6.07) is 0. The third kappa shape index (κ3) is 3.15. The molecule has 1 N–H and O–H groups in total. The highest BCUT2D eigenvalue weighted by atomic mass is 16.3. The van der Waals surface area contributed by atoms with E-state index in [-0.39, 0.29) is 11.5 Å². The van der Waals surface area contributed by atoms with Gasteiger partial charge in [0.15, 0.2) is 0 Å². The Morgan fingerprint density at radius 3 is 2.64 bits per heavy atom. The molecule has 1 nitrogen and oxygen atoms in total. The van der Waals surface area contributed by atoms with Gasteiger partial charge in [-0.2, -0.15) is 0 Å². The smallest absolute Gasteiger partial charge is 0.0633 e. The van der Waals surface area contributed by atoms with Crippen molar-refractivity contribution in [3.8, 4) is 0 Å². The maximum Gasteiger partial charge on any atom is 0.0633 e. The minimum Gasteiger partial charge on any atom is -0.392 e. The molecule has 0 spiro atoms. The average molecular weight is 385 g/mol. The molecule has 4 aliphatic rings. The van der Waals surface area contributed by atoms with Gasteiger partial charge in [0.2, 0.25) is 0 Å². The van der Waals surface area contributed by atoms with Gasteiger partial charge in [0.05, 0.1) is 6.10 Å². The summed E-state index contributed by atoms with van der Waals surface area (Å²) in [7, 11) is 0. The highest BCUT2D eigenvalue weighted by molar-refractivity contribution is 5.26. The molecule has 4 aliphatic carbocycles. The standard InChI is InChI=1S/C27H44O/c1-18(2)8-6-9-19(3)22-14-15-23-21-13-12-20-10-7-11-25(28)27(20,5)24(21)16-17-26(22,23)4/h6,9,12,18-19,21-25,28H,7-8,10-11,13-17H2,1-5H3/b9-6+/t19-,21+,22-,23+,24+,25?,26-,27+/m1/s1. The largest absolute Gasteiger partial charge is 0.392 e. The minimum absolute atomic E-state index is 0.0728. The van der Waals surface area contributed by atoms with Crippen LogP contribution in [0.1, 0.15) is 92.4 Å². The number of aliphatic hydroxyl groups is 1. The maximum atomic E-state index is 11.0. The monoisotopic (exact) mass is 384 g/mol. The van der Waals surface area contributed by atoms with E-state index < -0.39 is 0 Å². The number of hydrogen-bond donors (Lipinski definition) is 1. The van der Waals surface area contributed by atoms with E-state index in [1.165, 1.54) is 51.4 Å². The van der Waals surface area contributed by atoms with Gasteiger partial charge in [0, 0.05) is 5.41 Å². The van der Waals surface area contributed by atoms with Crippen LogP contribution in [0.3, 0.4) is 0 Å². The molecule has 28 heavy (non-hydrogen) atoms. The van der Waals surface area contributed by atoms with E-state index >= 15 is 0 Å². The lowest BCUT2D eigenvalue weighted by molar-refractivity contribution is -0.0913. The van der Waals surface area contributed by atoms with Crippen LogP contribution in [-0.2, 0) is 0 Å². The molecule has 0 aromatic rings. The highest BCUT2D eigenvalue weighted by Crippen LogP contribution is 2.67. The van der Waals surface area contributed by atoms with E-state index in [0.717, 1.165) is 30.1 Å². The average Bonchev–Trinajstić information content (AvgIpc) is 3.00. The molecule has 0 aliphatic heterocycles. The predicted octanol–water partition coefficient (Wildman–Crippen LogP) is 7.16. The zero-order valence-electron chi connectivity index (χ0n) is 19.1. The van der Waals surface area contributed by atoms with E-state index in [9.17, 15) is 5.11 Å². The maximum absolute atomic E-state index is 11.0. The molecule has 0 aromatic heterocycles. The second-order valence-electron chi connectivity index (χ2n) is 11.7. The third-order valence-electron chi connectivity index (χ3n) is 9.91. The van der Waals surface area contributed by atoms with Crippen molar-refractivity contribution in [3.05, 3.63) is 23.8 Å². The lowest BCUT2D eigenvalue weighted by Crippen LogP contribution is -2.54. The Hall–Kier alpha value is -0.560. The molecule has 1 unspecified atom stereocenters. The van der Waals surface area contributed by atoms with Crippen LogP contribution in [0.15, 0.2) is 23.8 Å². The Labute approximate surface area is 174 Å². The molecular formula is C27H44O. The topological polar surface area (TPSA) is 20.2 Å². The summed E-state index contributed by atoms with van der Waals surface area (Å²) in [6.45, 7) is 12.2. The van der Waals surface area contributed by atoms with Crippen LogP contribution in [0.25, 0.3) is 0 Å². The fourth-order valence-electron chi connectivity index (χ4n) is 8.32. The van der Waals surface area contributed by atoms with E-state index in [2.05, 4.69) is 52.8 Å². The van der Waals surface area contributed by atoms with Gasteiger partial charge in [-0.15, -0.1) is 0 Å². The van der Waals surface area contributed by atoms with Gasteiger partial charge in [-0.25, -0.2) is 0 Å². The first-order chi connectivity index (χ1) is 13.3. The molecule has 1 heteroatoms. The summed E-state index contributed by atoms with van der Waals surface area (Å²) in [4.78, 5) is 0. The van der Waals surface area contributed by atoms with Gasteiger partial charge < -0.3 is 5.11 Å². The summed E-state index contributed by atoms with van der Waals surface area (Å²) < 4.78 is 0. The van der Waals surface area contributed by atoms with Gasteiger partial charge in [0.1, 0.15) is 0 Å². The van der Waals surface area contributed by atoms with Crippen LogP contribution in [0.2, 0.25) is 0 Å². The van der Waals surface area contributed by atoms with Crippen molar-refractivity contribution in [3.63, 3.8) is 0 Å². The quantitative estimate of drug-likeness (QED) is 0.510. The number of hydrogen-bond acceptors (Lipinski definition) is 1. The fourth-order valence-corrected chi connectivity index (χ4v) is 8.32. The number of allylic oxidation sites excluding steroid dienone is 3. The van der Waals surface area contributed by atoms with E-state index in [1.54, 1.807) is 5.57 Å². The van der Waals surface area contributed by atoms with Gasteiger partial charge in [-0.05, 0) is 98.7 Å². The van der Waals surface area contributed by atoms with Crippen LogP contribution in [0, 0.1) is 46.3 Å². The highest BCUT2D eigenvalue weighted by Gasteiger charge is 2.60. The summed E-state index contributed by atoms with van der Waals surface area (Å²) in [5, 5.41) is 11.0. The van der Waals surface area contributed by atoms with Gasteiger partial charge >= 0.3 is 0 Å². The van der Waals surface area contributed by atoms with Crippen LogP contribution < -0.4 is 0 Å². The molecule has 8 atom stereocenters. The third-order valence-corrected chi connectivity index (χ3v) is 9.91. The van der Waals surface area contributed by atoms with Crippen molar-refractivity contribution in [2.45, 2.75) is 98.5 Å². The second kappa shape index (κ2) is 7.60. The molecule has 4 rings (SSSR count). The lowest BCUT2D eigenvalue weighted by atomic mass is 9.46. The molecular weight excluding hydrogens is 340 g/mol. The van der Waals surface area contributed by atoms with Gasteiger partial charge in [-0.3, -0.25) is 0 Å². The van der Waals surface area contributed by atoms with E-state index in [0.29, 0.717) is 17.3 Å². The summed E-state index contributed by atoms with van der Waals surface area (Å²) in [6.07, 6.45) is 18.9. The zero-order chi connectivity index (χ0) is 20.1. The van der Waals surface area contributed by atoms with Crippen LogP contribution >= 0.6 is 0 Å². The summed E-state index contributed by atoms with van der Waals surface area (Å²) >= 11 is 0.